The maximum Gasteiger partial charge on any atom is 0.217 e. The molecule has 18 heteroatoms. The van der Waals surface area contributed by atoms with Gasteiger partial charge < -0.3 is 80.3 Å². The molecule has 40 heavy (non-hydrogen) atoms. The minimum atomic E-state index is -1.83. The summed E-state index contributed by atoms with van der Waals surface area (Å²) in [5.41, 5.74) is 0. The zero-order valence-electron chi connectivity index (χ0n) is 21.7. The maximum atomic E-state index is 11.9. The van der Waals surface area contributed by atoms with Gasteiger partial charge in [0.05, 0.1) is 19.8 Å². The molecule has 3 fully saturated rings. The molecule has 0 aromatic carbocycles. The van der Waals surface area contributed by atoms with E-state index in [2.05, 4.69) is 10.6 Å². The molecule has 3 aliphatic heterocycles. The first-order valence-electron chi connectivity index (χ1n) is 12.6. The standard InChI is InChI=1S/C22H38N2O16/c1-6(27)23-11-15(31)14(30)10(37-20(11)35)5-36-21-12(24-7(2)28)16(32)19(9(4-26)39-21)40-22-18(34)17(33)13(29)8(3-25)38-22/h8-22,25-26,29-35H,3-5H2,1-2H3,(H,23,27)(H,24,28)/t8?,9?,10?,11?,12?,13?,14?,15-,16-,17+,18?,19?,20-,21-,22+/m1/s1. The van der Waals surface area contributed by atoms with Crippen molar-refractivity contribution in [3.8, 4) is 0 Å². The predicted octanol–water partition coefficient (Wildman–Crippen LogP) is -7.29. The Bertz CT molecular complexity index is 852. The van der Waals surface area contributed by atoms with Gasteiger partial charge in [-0.2, -0.15) is 0 Å². The smallest absolute Gasteiger partial charge is 0.217 e. The van der Waals surface area contributed by atoms with Crippen LogP contribution in [0.3, 0.4) is 0 Å². The van der Waals surface area contributed by atoms with Crippen molar-refractivity contribution in [3.63, 3.8) is 0 Å². The second-order valence-electron chi connectivity index (χ2n) is 9.85. The van der Waals surface area contributed by atoms with E-state index in [1.54, 1.807) is 0 Å². The Morgan fingerprint density at radius 1 is 0.650 bits per heavy atom. The highest BCUT2D eigenvalue weighted by Gasteiger charge is 2.52. The van der Waals surface area contributed by atoms with Gasteiger partial charge in [-0.15, -0.1) is 0 Å². The van der Waals surface area contributed by atoms with Crippen LogP contribution < -0.4 is 10.6 Å². The van der Waals surface area contributed by atoms with Crippen molar-refractivity contribution in [1.29, 1.82) is 0 Å². The second kappa shape index (κ2) is 14.0. The summed E-state index contributed by atoms with van der Waals surface area (Å²) in [7, 11) is 0. The van der Waals surface area contributed by atoms with Crippen molar-refractivity contribution in [2.24, 2.45) is 0 Å². The number of aliphatic hydroxyl groups excluding tert-OH is 9. The van der Waals surface area contributed by atoms with Gasteiger partial charge in [0, 0.05) is 13.8 Å². The number of rotatable bonds is 9. The van der Waals surface area contributed by atoms with Gasteiger partial charge in [0.2, 0.25) is 11.8 Å². The highest BCUT2D eigenvalue weighted by atomic mass is 16.7. The average molecular weight is 587 g/mol. The molecule has 0 saturated carbocycles. The lowest BCUT2D eigenvalue weighted by Gasteiger charge is -2.47. The summed E-state index contributed by atoms with van der Waals surface area (Å²) in [6.45, 7) is 0.168. The molecular formula is C22H38N2O16. The lowest BCUT2D eigenvalue weighted by atomic mass is 9.95. The first-order valence-corrected chi connectivity index (χ1v) is 12.6. The van der Waals surface area contributed by atoms with Crippen molar-refractivity contribution in [1.82, 2.24) is 10.6 Å². The minimum Gasteiger partial charge on any atom is -0.394 e. The van der Waals surface area contributed by atoms with Crippen molar-refractivity contribution < 1.29 is 79.2 Å². The van der Waals surface area contributed by atoms with Crippen LogP contribution in [0.5, 0.6) is 0 Å². The SMILES string of the molecule is CC(=O)NC1[C@H](OCC2O[C@@H](O)C(NC(C)=O)[C@@H](O)C2O)OC(CO)C(O[C@@H]2OC(CO)C(O)[C@H](O)C2O)[C@@H]1O. The number of hydrogen-bond donors (Lipinski definition) is 11. The number of ether oxygens (including phenoxy) is 5. The number of carbonyl (C=O) groups is 2. The lowest BCUT2D eigenvalue weighted by Crippen LogP contribution is -2.68. The summed E-state index contributed by atoms with van der Waals surface area (Å²) < 4.78 is 27.4. The molecule has 3 rings (SSSR count). The Morgan fingerprint density at radius 3 is 1.77 bits per heavy atom. The lowest BCUT2D eigenvalue weighted by molar-refractivity contribution is -0.351. The highest BCUT2D eigenvalue weighted by Crippen LogP contribution is 2.30. The van der Waals surface area contributed by atoms with Crippen LogP contribution in [-0.4, -0.2) is 170 Å². The van der Waals surface area contributed by atoms with Crippen LogP contribution >= 0.6 is 0 Å². The Kier molecular flexibility index (Phi) is 11.5. The van der Waals surface area contributed by atoms with Crippen molar-refractivity contribution in [2.75, 3.05) is 19.8 Å². The van der Waals surface area contributed by atoms with Gasteiger partial charge in [0.25, 0.3) is 0 Å². The summed E-state index contributed by atoms with van der Waals surface area (Å²) in [5.74, 6) is -1.24. The van der Waals surface area contributed by atoms with Crippen LogP contribution in [-0.2, 0) is 33.3 Å². The van der Waals surface area contributed by atoms with Crippen molar-refractivity contribution in [3.05, 3.63) is 0 Å². The first kappa shape index (κ1) is 32.9. The van der Waals surface area contributed by atoms with E-state index in [1.807, 2.05) is 0 Å². The molecule has 0 bridgehead atoms. The Hall–Kier alpha value is -1.62. The molecule has 15 atom stereocenters. The molecule has 0 aromatic heterocycles. The van der Waals surface area contributed by atoms with Crippen LogP contribution in [0.1, 0.15) is 13.8 Å². The van der Waals surface area contributed by atoms with E-state index in [4.69, 9.17) is 23.7 Å². The monoisotopic (exact) mass is 586 g/mol. The van der Waals surface area contributed by atoms with E-state index in [-0.39, 0.29) is 0 Å². The summed E-state index contributed by atoms with van der Waals surface area (Å²) >= 11 is 0. The normalized spacial score (nSPS) is 46.0. The summed E-state index contributed by atoms with van der Waals surface area (Å²) in [4.78, 5) is 23.2. The van der Waals surface area contributed by atoms with Gasteiger partial charge in [-0.05, 0) is 0 Å². The van der Waals surface area contributed by atoms with Gasteiger partial charge in [-0.3, -0.25) is 9.59 Å². The number of carbonyl (C=O) groups excluding carboxylic acids is 2. The van der Waals surface area contributed by atoms with E-state index in [0.717, 1.165) is 13.8 Å². The van der Waals surface area contributed by atoms with E-state index in [9.17, 15) is 55.5 Å². The van der Waals surface area contributed by atoms with Crippen LogP contribution in [0.25, 0.3) is 0 Å². The molecule has 2 amide bonds. The first-order chi connectivity index (χ1) is 18.8. The molecule has 0 spiro atoms. The zero-order chi connectivity index (χ0) is 29.9. The van der Waals surface area contributed by atoms with Gasteiger partial charge in [-0.25, -0.2) is 0 Å². The summed E-state index contributed by atoms with van der Waals surface area (Å²) in [6, 6.07) is -2.72. The number of aliphatic hydroxyl groups is 9. The van der Waals surface area contributed by atoms with Crippen LogP contribution in [0.15, 0.2) is 0 Å². The quantitative estimate of drug-likeness (QED) is 0.120. The van der Waals surface area contributed by atoms with Crippen molar-refractivity contribution >= 4 is 11.8 Å². The Labute approximate surface area is 228 Å². The third-order valence-electron chi connectivity index (χ3n) is 6.88. The Balaban J connectivity index is 1.73. The van der Waals surface area contributed by atoms with Gasteiger partial charge in [0.15, 0.2) is 18.9 Å². The zero-order valence-corrected chi connectivity index (χ0v) is 21.7. The van der Waals surface area contributed by atoms with Crippen LogP contribution in [0, 0.1) is 0 Å². The predicted molar refractivity (Wildman–Crippen MR) is 124 cm³/mol. The largest absolute Gasteiger partial charge is 0.394 e. The van der Waals surface area contributed by atoms with Crippen LogP contribution in [0.2, 0.25) is 0 Å². The molecule has 232 valence electrons. The van der Waals surface area contributed by atoms with E-state index in [0.29, 0.717) is 0 Å². The number of nitrogens with one attached hydrogen (secondary N) is 2. The fourth-order valence-corrected chi connectivity index (χ4v) is 4.76. The van der Waals surface area contributed by atoms with E-state index < -0.39 is 124 Å². The third-order valence-corrected chi connectivity index (χ3v) is 6.88. The molecule has 3 heterocycles. The van der Waals surface area contributed by atoms with Crippen LogP contribution in [0.4, 0.5) is 0 Å². The van der Waals surface area contributed by atoms with Gasteiger partial charge >= 0.3 is 0 Å². The fourth-order valence-electron chi connectivity index (χ4n) is 4.76. The minimum absolute atomic E-state index is 0.564. The molecule has 18 nitrogen and oxygen atoms in total. The number of hydrogen-bond acceptors (Lipinski definition) is 16. The number of amides is 2. The highest BCUT2D eigenvalue weighted by molar-refractivity contribution is 5.73. The van der Waals surface area contributed by atoms with E-state index >= 15 is 0 Å². The molecule has 9 unspecified atom stereocenters. The molecule has 3 saturated heterocycles. The van der Waals surface area contributed by atoms with E-state index in [1.165, 1.54) is 0 Å². The molecule has 0 aromatic rings. The average Bonchev–Trinajstić information content (AvgIpc) is 2.90. The molecule has 11 N–H and O–H groups in total. The summed E-state index contributed by atoms with van der Waals surface area (Å²) in [5, 5.41) is 96.3. The van der Waals surface area contributed by atoms with Gasteiger partial charge in [0.1, 0.15) is 73.1 Å². The molecular weight excluding hydrogens is 548 g/mol. The Morgan fingerprint density at radius 2 is 1.20 bits per heavy atom. The maximum absolute atomic E-state index is 11.9. The van der Waals surface area contributed by atoms with Crippen molar-refractivity contribution in [2.45, 2.75) is 106 Å². The topological polar surface area (TPSA) is 286 Å². The fraction of sp³-hybridized carbons (Fsp3) is 0.909. The molecule has 0 aliphatic carbocycles. The molecule has 0 radical (unpaired) electrons. The third kappa shape index (κ3) is 7.23. The second-order valence-corrected chi connectivity index (χ2v) is 9.85. The summed E-state index contributed by atoms with van der Waals surface area (Å²) in [6.07, 6.45) is -20.8. The van der Waals surface area contributed by atoms with Gasteiger partial charge in [-0.1, -0.05) is 0 Å². The molecule has 3 aliphatic rings.